The van der Waals surface area contributed by atoms with Crippen molar-refractivity contribution in [1.29, 1.82) is 0 Å². The van der Waals surface area contributed by atoms with Crippen LogP contribution in [0, 0.1) is 15.9 Å². The lowest BCUT2D eigenvalue weighted by molar-refractivity contribution is -0.385. The highest BCUT2D eigenvalue weighted by atomic mass is 19.1. The third-order valence-electron chi connectivity index (χ3n) is 2.61. The average Bonchev–Trinajstić information content (AvgIpc) is 2.76. The van der Waals surface area contributed by atoms with Gasteiger partial charge in [0.25, 0.3) is 5.69 Å². The summed E-state index contributed by atoms with van der Waals surface area (Å²) in [5.74, 6) is -0.619. The molecule has 2 rings (SSSR count). The van der Waals surface area contributed by atoms with Crippen molar-refractivity contribution in [2.24, 2.45) is 5.73 Å². The van der Waals surface area contributed by atoms with Crippen molar-refractivity contribution < 1.29 is 9.31 Å². The number of rotatable bonds is 5. The quantitative estimate of drug-likeness (QED) is 0.654. The molecule has 0 spiro atoms. The number of nitrogens with two attached hydrogens (primary N) is 1. The van der Waals surface area contributed by atoms with Crippen LogP contribution in [0.25, 0.3) is 0 Å². The summed E-state index contributed by atoms with van der Waals surface area (Å²) in [4.78, 5) is 14.2. The summed E-state index contributed by atoms with van der Waals surface area (Å²) in [6, 6.07) is 3.53. The van der Waals surface area contributed by atoms with Crippen LogP contribution in [0.1, 0.15) is 11.3 Å². The Hall–Kier alpha value is -2.28. The number of non-ortho nitro benzene ring substituents is 1. The molecule has 0 aliphatic heterocycles. The molecule has 100 valence electrons. The molecule has 1 aromatic carbocycles. The smallest absolute Gasteiger partial charge is 0.272 e. The number of nitro groups is 1. The Morgan fingerprint density at radius 3 is 2.89 bits per heavy atom. The molecule has 0 bridgehead atoms. The zero-order valence-corrected chi connectivity index (χ0v) is 10.1. The van der Waals surface area contributed by atoms with Crippen LogP contribution in [0.3, 0.4) is 0 Å². The van der Waals surface area contributed by atoms with Crippen molar-refractivity contribution in [3.8, 4) is 0 Å². The molecule has 0 fully saturated rings. The summed E-state index contributed by atoms with van der Waals surface area (Å²) in [6.45, 7) is 0.832. The first kappa shape index (κ1) is 13.2. The second kappa shape index (κ2) is 5.57. The van der Waals surface area contributed by atoms with E-state index in [9.17, 15) is 14.5 Å². The highest BCUT2D eigenvalue weighted by molar-refractivity contribution is 5.35. The number of nitrogens with zero attached hydrogens (tertiary/aromatic N) is 3. The molecular formula is C12H13FN4O2. The highest BCUT2D eigenvalue weighted by Gasteiger charge is 2.10. The predicted molar refractivity (Wildman–Crippen MR) is 67.1 cm³/mol. The van der Waals surface area contributed by atoms with E-state index in [1.807, 2.05) is 0 Å². The van der Waals surface area contributed by atoms with E-state index >= 15 is 0 Å². The molecule has 0 saturated heterocycles. The molecule has 0 radical (unpaired) electrons. The van der Waals surface area contributed by atoms with Gasteiger partial charge in [-0.25, -0.2) is 9.37 Å². The van der Waals surface area contributed by atoms with Crippen molar-refractivity contribution >= 4 is 5.69 Å². The maximum absolute atomic E-state index is 13.3. The minimum absolute atomic E-state index is 0.253. The summed E-state index contributed by atoms with van der Waals surface area (Å²) in [5.41, 5.74) is 6.53. The Balaban J connectivity index is 2.19. The van der Waals surface area contributed by atoms with Crippen LogP contribution in [-0.2, 0) is 13.0 Å². The Bertz CT molecular complexity index is 597. The molecule has 1 aromatic heterocycles. The van der Waals surface area contributed by atoms with Crippen LogP contribution < -0.4 is 5.73 Å². The van der Waals surface area contributed by atoms with Crippen molar-refractivity contribution in [2.45, 2.75) is 13.0 Å². The van der Waals surface area contributed by atoms with E-state index in [1.165, 1.54) is 12.1 Å². The van der Waals surface area contributed by atoms with Gasteiger partial charge in [0.2, 0.25) is 0 Å². The highest BCUT2D eigenvalue weighted by Crippen LogP contribution is 2.17. The molecule has 1 heterocycles. The molecule has 2 aromatic rings. The SMILES string of the molecule is NCCc1cn(Cc2cc(F)cc([N+](=O)[O-])c2)cn1. The molecule has 0 amide bonds. The summed E-state index contributed by atoms with van der Waals surface area (Å²) < 4.78 is 15.0. The lowest BCUT2D eigenvalue weighted by Gasteiger charge is -2.03. The van der Waals surface area contributed by atoms with E-state index in [0.29, 0.717) is 25.1 Å². The molecule has 0 saturated carbocycles. The fraction of sp³-hybridized carbons (Fsp3) is 0.250. The maximum Gasteiger partial charge on any atom is 0.272 e. The van der Waals surface area contributed by atoms with Gasteiger partial charge in [-0.3, -0.25) is 10.1 Å². The monoisotopic (exact) mass is 264 g/mol. The van der Waals surface area contributed by atoms with E-state index in [-0.39, 0.29) is 5.69 Å². The van der Waals surface area contributed by atoms with Crippen LogP contribution in [0.4, 0.5) is 10.1 Å². The van der Waals surface area contributed by atoms with Crippen LogP contribution in [0.5, 0.6) is 0 Å². The first-order valence-corrected chi connectivity index (χ1v) is 5.73. The minimum Gasteiger partial charge on any atom is -0.333 e. The van der Waals surface area contributed by atoms with E-state index in [4.69, 9.17) is 5.73 Å². The van der Waals surface area contributed by atoms with Gasteiger partial charge in [-0.15, -0.1) is 0 Å². The Morgan fingerprint density at radius 2 is 2.21 bits per heavy atom. The van der Waals surface area contributed by atoms with Gasteiger partial charge in [-0.05, 0) is 18.2 Å². The fourth-order valence-corrected chi connectivity index (χ4v) is 1.81. The number of imidazole rings is 1. The Labute approximate surface area is 108 Å². The molecule has 0 aliphatic carbocycles. The fourth-order valence-electron chi connectivity index (χ4n) is 1.81. The second-order valence-electron chi connectivity index (χ2n) is 4.15. The number of benzene rings is 1. The molecule has 0 unspecified atom stereocenters. The van der Waals surface area contributed by atoms with Crippen molar-refractivity contribution in [3.05, 3.63) is 57.9 Å². The van der Waals surface area contributed by atoms with E-state index in [1.54, 1.807) is 17.1 Å². The normalized spacial score (nSPS) is 10.6. The molecule has 2 N–H and O–H groups in total. The summed E-state index contributed by atoms with van der Waals surface area (Å²) in [7, 11) is 0. The third kappa shape index (κ3) is 3.35. The largest absolute Gasteiger partial charge is 0.333 e. The zero-order valence-electron chi connectivity index (χ0n) is 10.1. The van der Waals surface area contributed by atoms with Crippen LogP contribution in [0.2, 0.25) is 0 Å². The van der Waals surface area contributed by atoms with Gasteiger partial charge in [-0.2, -0.15) is 0 Å². The zero-order chi connectivity index (χ0) is 13.8. The first-order chi connectivity index (χ1) is 9.08. The van der Waals surface area contributed by atoms with Crippen LogP contribution in [0.15, 0.2) is 30.7 Å². The van der Waals surface area contributed by atoms with Crippen molar-refractivity contribution in [2.75, 3.05) is 6.54 Å². The molecule has 6 nitrogen and oxygen atoms in total. The van der Waals surface area contributed by atoms with Crippen LogP contribution in [-0.4, -0.2) is 21.0 Å². The lowest BCUT2D eigenvalue weighted by atomic mass is 10.2. The topological polar surface area (TPSA) is 87.0 Å². The van der Waals surface area contributed by atoms with Gasteiger partial charge in [0.05, 0.1) is 23.0 Å². The number of hydrogen-bond donors (Lipinski definition) is 1. The van der Waals surface area contributed by atoms with Gasteiger partial charge in [0.15, 0.2) is 0 Å². The van der Waals surface area contributed by atoms with Crippen LogP contribution >= 0.6 is 0 Å². The standard InChI is InChI=1S/C12H13FN4O2/c13-10-3-9(4-12(5-10)17(18)19)6-16-7-11(1-2-14)15-8-16/h3-5,7-8H,1-2,6,14H2. The Morgan fingerprint density at radius 1 is 1.42 bits per heavy atom. The molecule has 7 heteroatoms. The third-order valence-corrected chi connectivity index (χ3v) is 2.61. The van der Waals surface area contributed by atoms with Gasteiger partial charge < -0.3 is 10.3 Å². The average molecular weight is 264 g/mol. The van der Waals surface area contributed by atoms with Gasteiger partial charge >= 0.3 is 0 Å². The first-order valence-electron chi connectivity index (χ1n) is 5.73. The number of hydrogen-bond acceptors (Lipinski definition) is 4. The Kier molecular flexibility index (Phi) is 3.86. The molecule has 0 atom stereocenters. The van der Waals surface area contributed by atoms with E-state index in [0.717, 1.165) is 11.8 Å². The predicted octanol–water partition coefficient (Wildman–Crippen LogP) is 1.48. The van der Waals surface area contributed by atoms with E-state index < -0.39 is 10.7 Å². The molecule has 0 aliphatic rings. The number of aromatic nitrogens is 2. The van der Waals surface area contributed by atoms with E-state index in [2.05, 4.69) is 4.98 Å². The maximum atomic E-state index is 13.3. The molecular weight excluding hydrogens is 251 g/mol. The van der Waals surface area contributed by atoms with Gasteiger partial charge in [0, 0.05) is 25.2 Å². The number of nitro benzene ring substituents is 1. The summed E-state index contributed by atoms with van der Waals surface area (Å²) in [5, 5.41) is 10.7. The van der Waals surface area contributed by atoms with Crippen molar-refractivity contribution in [1.82, 2.24) is 9.55 Å². The van der Waals surface area contributed by atoms with Gasteiger partial charge in [0.1, 0.15) is 5.82 Å². The number of halogens is 1. The molecule has 19 heavy (non-hydrogen) atoms. The van der Waals surface area contributed by atoms with Gasteiger partial charge in [-0.1, -0.05) is 0 Å². The lowest BCUT2D eigenvalue weighted by Crippen LogP contribution is -2.03. The second-order valence-corrected chi connectivity index (χ2v) is 4.15. The summed E-state index contributed by atoms with van der Waals surface area (Å²) in [6.07, 6.45) is 4.06. The minimum atomic E-state index is -0.619. The van der Waals surface area contributed by atoms with Crippen molar-refractivity contribution in [3.63, 3.8) is 0 Å². The summed E-state index contributed by atoms with van der Waals surface area (Å²) >= 11 is 0.